The zero-order valence-corrected chi connectivity index (χ0v) is 16.1. The summed E-state index contributed by atoms with van der Waals surface area (Å²) >= 11 is 0. The second kappa shape index (κ2) is 7.86. The van der Waals surface area contributed by atoms with Gasteiger partial charge in [-0.05, 0) is 18.6 Å². The van der Waals surface area contributed by atoms with Crippen LogP contribution in [0.4, 0.5) is 0 Å². The van der Waals surface area contributed by atoms with Crippen LogP contribution in [0.15, 0.2) is 65.8 Å². The number of likely N-dealkylation sites (tertiary alicyclic amines) is 1. The quantitative estimate of drug-likeness (QED) is 0.506. The van der Waals surface area contributed by atoms with Gasteiger partial charge in [-0.15, -0.1) is 0 Å². The Balaban J connectivity index is 1.23. The lowest BCUT2D eigenvalue weighted by atomic mass is 10.1. The number of aromatic nitrogens is 6. The van der Waals surface area contributed by atoms with Crippen molar-refractivity contribution in [3.63, 3.8) is 0 Å². The van der Waals surface area contributed by atoms with Gasteiger partial charge in [0.05, 0.1) is 23.9 Å². The van der Waals surface area contributed by atoms with Crippen LogP contribution in [0.3, 0.4) is 0 Å². The molecule has 5 rings (SSSR count). The summed E-state index contributed by atoms with van der Waals surface area (Å²) in [6.07, 6.45) is 5.80. The predicted octanol–water partition coefficient (Wildman–Crippen LogP) is 2.40. The van der Waals surface area contributed by atoms with Crippen molar-refractivity contribution in [2.24, 2.45) is 0 Å². The summed E-state index contributed by atoms with van der Waals surface area (Å²) in [6.45, 7) is 1.23. The molecule has 0 saturated carbocycles. The van der Waals surface area contributed by atoms with Crippen molar-refractivity contribution >= 4 is 5.91 Å². The van der Waals surface area contributed by atoms with Gasteiger partial charge in [0.2, 0.25) is 5.89 Å². The molecule has 30 heavy (non-hydrogen) atoms. The molecular weight excluding hydrogens is 382 g/mol. The van der Waals surface area contributed by atoms with Gasteiger partial charge in [-0.1, -0.05) is 30.3 Å². The van der Waals surface area contributed by atoms with Gasteiger partial charge in [0, 0.05) is 18.7 Å². The third-order valence-electron chi connectivity index (χ3n) is 5.15. The highest BCUT2D eigenvalue weighted by Gasteiger charge is 2.30. The van der Waals surface area contributed by atoms with Crippen molar-refractivity contribution in [2.75, 3.05) is 13.1 Å². The Labute approximate surface area is 172 Å². The maximum atomic E-state index is 12.8. The molecule has 0 aliphatic carbocycles. The molecular formula is C21H19N7O2. The van der Waals surface area contributed by atoms with E-state index >= 15 is 0 Å². The molecule has 1 aromatic carbocycles. The van der Waals surface area contributed by atoms with E-state index < -0.39 is 0 Å². The average Bonchev–Trinajstić information content (AvgIpc) is 3.55. The molecule has 1 aliphatic heterocycles. The van der Waals surface area contributed by atoms with Crippen molar-refractivity contribution < 1.29 is 9.21 Å². The number of hydrogen-bond acceptors (Lipinski definition) is 7. The van der Waals surface area contributed by atoms with E-state index in [1.54, 1.807) is 15.9 Å². The van der Waals surface area contributed by atoms with Crippen molar-refractivity contribution in [3.05, 3.63) is 78.7 Å². The number of oxazole rings is 1. The molecule has 0 radical (unpaired) electrons. The monoisotopic (exact) mass is 401 g/mol. The summed E-state index contributed by atoms with van der Waals surface area (Å²) in [4.78, 5) is 22.9. The molecule has 1 fully saturated rings. The summed E-state index contributed by atoms with van der Waals surface area (Å²) in [7, 11) is 0. The molecule has 1 atom stereocenters. The maximum Gasteiger partial charge on any atom is 0.275 e. The molecule has 9 nitrogen and oxygen atoms in total. The third kappa shape index (κ3) is 3.69. The highest BCUT2D eigenvalue weighted by Crippen LogP contribution is 2.22. The maximum absolute atomic E-state index is 12.8. The largest absolute Gasteiger partial charge is 0.448 e. The molecule has 4 aromatic rings. The first kappa shape index (κ1) is 18.2. The molecule has 9 heteroatoms. The zero-order valence-electron chi connectivity index (χ0n) is 16.1. The topological polar surface area (TPSA) is 103 Å². The van der Waals surface area contributed by atoms with Crippen molar-refractivity contribution in [1.82, 2.24) is 34.8 Å². The number of hydrogen-bond donors (Lipinski definition) is 0. The van der Waals surface area contributed by atoms with Gasteiger partial charge in [-0.3, -0.25) is 4.79 Å². The van der Waals surface area contributed by atoms with E-state index in [1.807, 2.05) is 42.5 Å². The molecule has 1 saturated heterocycles. The minimum Gasteiger partial charge on any atom is -0.448 e. The van der Waals surface area contributed by atoms with Gasteiger partial charge in [0.1, 0.15) is 18.9 Å². The summed E-state index contributed by atoms with van der Waals surface area (Å²) < 4.78 is 7.30. The Kier molecular flexibility index (Phi) is 4.76. The van der Waals surface area contributed by atoms with Gasteiger partial charge in [0.25, 0.3) is 5.91 Å². The van der Waals surface area contributed by atoms with E-state index in [9.17, 15) is 4.79 Å². The third-order valence-corrected chi connectivity index (χ3v) is 5.15. The molecule has 0 N–H and O–H groups in total. The van der Waals surface area contributed by atoms with Crippen LogP contribution in [0, 0.1) is 0 Å². The molecule has 4 heterocycles. The zero-order chi connectivity index (χ0) is 20.3. The molecule has 3 aromatic heterocycles. The summed E-state index contributed by atoms with van der Waals surface area (Å²) in [5, 5.41) is 12.7. The number of nitrogens with zero attached hydrogens (tertiary/aromatic N) is 7. The van der Waals surface area contributed by atoms with Crippen LogP contribution in [0.1, 0.15) is 34.5 Å². The first-order valence-corrected chi connectivity index (χ1v) is 9.72. The molecule has 150 valence electrons. The van der Waals surface area contributed by atoms with Gasteiger partial charge in [0.15, 0.2) is 5.69 Å². The Morgan fingerprint density at radius 1 is 1.13 bits per heavy atom. The lowest BCUT2D eigenvalue weighted by Crippen LogP contribution is -2.29. The fraction of sp³-hybridized carbons (Fsp3) is 0.238. The van der Waals surface area contributed by atoms with E-state index in [0.29, 0.717) is 31.1 Å². The smallest absolute Gasteiger partial charge is 0.275 e. The lowest BCUT2D eigenvalue weighted by molar-refractivity contribution is 0.0781. The van der Waals surface area contributed by atoms with E-state index in [-0.39, 0.29) is 11.9 Å². The van der Waals surface area contributed by atoms with Gasteiger partial charge >= 0.3 is 0 Å². The normalized spacial score (nSPS) is 16.1. The van der Waals surface area contributed by atoms with Crippen molar-refractivity contribution in [2.45, 2.75) is 18.9 Å². The van der Waals surface area contributed by atoms with Crippen LogP contribution < -0.4 is 0 Å². The van der Waals surface area contributed by atoms with Crippen LogP contribution in [0.5, 0.6) is 0 Å². The first-order chi connectivity index (χ1) is 14.8. The molecule has 1 unspecified atom stereocenters. The summed E-state index contributed by atoms with van der Waals surface area (Å²) in [5.41, 5.74) is 2.84. The highest BCUT2D eigenvalue weighted by molar-refractivity contribution is 5.92. The van der Waals surface area contributed by atoms with E-state index in [0.717, 1.165) is 23.4 Å². The SMILES string of the molecule is O=C(c1coc(Cc2ccc(-c3ccccc3)nn2)n1)N1CCC(n2cncn2)C1. The van der Waals surface area contributed by atoms with E-state index in [1.165, 1.54) is 12.6 Å². The second-order valence-corrected chi connectivity index (χ2v) is 7.15. The number of carbonyl (C=O) groups is 1. The van der Waals surface area contributed by atoms with Gasteiger partial charge in [-0.25, -0.2) is 14.6 Å². The standard InChI is InChI=1S/C21H19N7O2/c29-21(27-9-8-17(11-27)28-14-22-13-23-28)19-12-30-20(24-19)10-16-6-7-18(26-25-16)15-4-2-1-3-5-15/h1-7,12-14,17H,8-11H2. The number of benzene rings is 1. The Morgan fingerprint density at radius 3 is 2.80 bits per heavy atom. The molecule has 1 aliphatic rings. The van der Waals surface area contributed by atoms with Crippen molar-refractivity contribution in [3.8, 4) is 11.3 Å². The van der Waals surface area contributed by atoms with Crippen molar-refractivity contribution in [1.29, 1.82) is 0 Å². The molecule has 1 amide bonds. The number of carbonyl (C=O) groups excluding carboxylic acids is 1. The molecule has 0 spiro atoms. The first-order valence-electron chi connectivity index (χ1n) is 9.72. The summed E-state index contributed by atoms with van der Waals surface area (Å²) in [6, 6.07) is 13.8. The van der Waals surface area contributed by atoms with Crippen LogP contribution in [0.25, 0.3) is 11.3 Å². The van der Waals surface area contributed by atoms with E-state index in [4.69, 9.17) is 4.42 Å². The predicted molar refractivity (Wildman–Crippen MR) is 106 cm³/mol. The van der Waals surface area contributed by atoms with Crippen LogP contribution in [-0.2, 0) is 6.42 Å². The summed E-state index contributed by atoms with van der Waals surface area (Å²) in [5.74, 6) is 0.297. The minimum atomic E-state index is -0.141. The average molecular weight is 401 g/mol. The van der Waals surface area contributed by atoms with Gasteiger partial charge in [-0.2, -0.15) is 15.3 Å². The number of rotatable bonds is 5. The second-order valence-electron chi connectivity index (χ2n) is 7.15. The Morgan fingerprint density at radius 2 is 2.03 bits per heavy atom. The minimum absolute atomic E-state index is 0.140. The Hall–Kier alpha value is -3.88. The molecule has 0 bridgehead atoms. The van der Waals surface area contributed by atoms with Gasteiger partial charge < -0.3 is 9.32 Å². The lowest BCUT2D eigenvalue weighted by Gasteiger charge is -2.14. The highest BCUT2D eigenvalue weighted by atomic mass is 16.3. The van der Waals surface area contributed by atoms with Crippen LogP contribution in [0.2, 0.25) is 0 Å². The fourth-order valence-electron chi connectivity index (χ4n) is 3.57. The van der Waals surface area contributed by atoms with Crippen LogP contribution >= 0.6 is 0 Å². The Bertz CT molecular complexity index is 1120. The van der Waals surface area contributed by atoms with E-state index in [2.05, 4.69) is 25.3 Å². The number of amides is 1. The fourth-order valence-corrected chi connectivity index (χ4v) is 3.57. The van der Waals surface area contributed by atoms with Crippen LogP contribution in [-0.4, -0.2) is 53.8 Å².